The highest BCUT2D eigenvalue weighted by atomic mass is 32.2. The fourth-order valence-electron chi connectivity index (χ4n) is 2.89. The van der Waals surface area contributed by atoms with Crippen molar-refractivity contribution in [1.29, 1.82) is 0 Å². The lowest BCUT2D eigenvalue weighted by Gasteiger charge is -2.16. The molecule has 1 aliphatic rings. The minimum atomic E-state index is -3.52. The van der Waals surface area contributed by atoms with Gasteiger partial charge in [0, 0.05) is 25.0 Å². The molecule has 2 aromatic rings. The van der Waals surface area contributed by atoms with E-state index in [1.54, 1.807) is 18.4 Å². The van der Waals surface area contributed by atoms with Gasteiger partial charge in [0.25, 0.3) is 5.91 Å². The molecule has 0 aliphatic carbocycles. The smallest absolute Gasteiger partial charge is 0.338 e. The zero-order chi connectivity index (χ0) is 20.1. The molecule has 2 heterocycles. The minimum absolute atomic E-state index is 0.151. The molecule has 1 aliphatic heterocycles. The zero-order valence-electron chi connectivity index (χ0n) is 15.5. The Hall–Kier alpha value is -2.23. The maximum Gasteiger partial charge on any atom is 0.338 e. The van der Waals surface area contributed by atoms with Crippen LogP contribution in [-0.2, 0) is 26.1 Å². The Morgan fingerprint density at radius 1 is 1.14 bits per heavy atom. The molecular weight excluding hydrogens is 400 g/mol. The standard InChI is InChI=1S/C19H22N2O5S2/c1-20(13-16-5-4-12-27-16)18(22)14-26-19(23)15-6-8-17(9-7-15)28(24,25)21-10-2-3-11-21/h4-9,12H,2-3,10-11,13-14H2,1H3. The van der Waals surface area contributed by atoms with Gasteiger partial charge in [-0.05, 0) is 48.6 Å². The number of esters is 1. The number of rotatable bonds is 7. The van der Waals surface area contributed by atoms with Crippen LogP contribution in [0, 0.1) is 0 Å². The molecule has 1 fully saturated rings. The van der Waals surface area contributed by atoms with Crippen LogP contribution in [0.4, 0.5) is 0 Å². The number of ether oxygens (including phenoxy) is 1. The Bertz CT molecular complexity index is 918. The highest BCUT2D eigenvalue weighted by Crippen LogP contribution is 2.21. The van der Waals surface area contributed by atoms with Gasteiger partial charge in [-0.1, -0.05) is 6.07 Å². The molecule has 9 heteroatoms. The Morgan fingerprint density at radius 3 is 2.43 bits per heavy atom. The summed E-state index contributed by atoms with van der Waals surface area (Å²) in [7, 11) is -1.87. The molecule has 7 nitrogen and oxygen atoms in total. The van der Waals surface area contributed by atoms with E-state index in [0.717, 1.165) is 17.7 Å². The second kappa shape index (κ2) is 8.85. The van der Waals surface area contributed by atoms with Gasteiger partial charge in [-0.3, -0.25) is 4.79 Å². The summed E-state index contributed by atoms with van der Waals surface area (Å²) in [5, 5.41) is 1.93. The molecular formula is C19H22N2O5S2. The molecule has 0 bridgehead atoms. The summed E-state index contributed by atoms with van der Waals surface area (Å²) in [4.78, 5) is 26.9. The summed E-state index contributed by atoms with van der Waals surface area (Å²) < 4.78 is 31.5. The van der Waals surface area contributed by atoms with Crippen molar-refractivity contribution in [2.75, 3.05) is 26.7 Å². The number of thiophene rings is 1. The summed E-state index contributed by atoms with van der Waals surface area (Å²) in [5.74, 6) is -0.974. The van der Waals surface area contributed by atoms with E-state index in [0.29, 0.717) is 19.6 Å². The molecule has 0 atom stereocenters. The van der Waals surface area contributed by atoms with Gasteiger partial charge in [-0.15, -0.1) is 11.3 Å². The third kappa shape index (κ3) is 4.78. The van der Waals surface area contributed by atoms with Crippen LogP contribution in [-0.4, -0.2) is 56.2 Å². The van der Waals surface area contributed by atoms with Gasteiger partial charge in [-0.2, -0.15) is 4.31 Å². The monoisotopic (exact) mass is 422 g/mol. The van der Waals surface area contributed by atoms with Crippen LogP contribution in [0.3, 0.4) is 0 Å². The summed E-state index contributed by atoms with van der Waals surface area (Å²) in [5.41, 5.74) is 0.203. The molecule has 0 N–H and O–H groups in total. The Morgan fingerprint density at radius 2 is 1.82 bits per heavy atom. The first-order valence-electron chi connectivity index (χ1n) is 8.91. The lowest BCUT2D eigenvalue weighted by molar-refractivity contribution is -0.133. The third-order valence-corrected chi connectivity index (χ3v) is 7.29. The van der Waals surface area contributed by atoms with Crippen LogP contribution in [0.2, 0.25) is 0 Å². The third-order valence-electron chi connectivity index (χ3n) is 4.52. The molecule has 0 saturated carbocycles. The fourth-order valence-corrected chi connectivity index (χ4v) is 5.16. The minimum Gasteiger partial charge on any atom is -0.452 e. The van der Waals surface area contributed by atoms with E-state index in [2.05, 4.69) is 0 Å². The number of likely N-dealkylation sites (N-methyl/N-ethyl adjacent to an activating group) is 1. The van der Waals surface area contributed by atoms with E-state index in [9.17, 15) is 18.0 Å². The number of nitrogens with zero attached hydrogens (tertiary/aromatic N) is 2. The number of hydrogen-bond acceptors (Lipinski definition) is 6. The molecule has 28 heavy (non-hydrogen) atoms. The van der Waals surface area contributed by atoms with Gasteiger partial charge >= 0.3 is 5.97 Å². The van der Waals surface area contributed by atoms with Gasteiger partial charge in [0.15, 0.2) is 6.61 Å². The van der Waals surface area contributed by atoms with E-state index in [-0.39, 0.29) is 23.0 Å². The van der Waals surface area contributed by atoms with Crippen molar-refractivity contribution >= 4 is 33.2 Å². The Labute approximate surface area is 168 Å². The molecule has 3 rings (SSSR count). The van der Waals surface area contributed by atoms with Crippen LogP contribution in [0.1, 0.15) is 28.1 Å². The number of carbonyl (C=O) groups is 2. The van der Waals surface area contributed by atoms with Crippen molar-refractivity contribution in [3.63, 3.8) is 0 Å². The summed E-state index contributed by atoms with van der Waals surface area (Å²) >= 11 is 1.55. The fraction of sp³-hybridized carbons (Fsp3) is 0.368. The molecule has 1 amide bonds. The molecule has 150 valence electrons. The molecule has 0 radical (unpaired) electrons. The molecule has 1 saturated heterocycles. The highest BCUT2D eigenvalue weighted by Gasteiger charge is 2.27. The Balaban J connectivity index is 1.55. The number of benzene rings is 1. The van der Waals surface area contributed by atoms with Crippen LogP contribution < -0.4 is 0 Å². The van der Waals surface area contributed by atoms with Crippen molar-refractivity contribution in [2.24, 2.45) is 0 Å². The number of hydrogen-bond donors (Lipinski definition) is 0. The predicted octanol–water partition coefficient (Wildman–Crippen LogP) is 2.35. The van der Waals surface area contributed by atoms with E-state index >= 15 is 0 Å². The van der Waals surface area contributed by atoms with E-state index in [1.165, 1.54) is 33.5 Å². The van der Waals surface area contributed by atoms with Crippen LogP contribution in [0.25, 0.3) is 0 Å². The molecule has 0 unspecified atom stereocenters. The van der Waals surface area contributed by atoms with Crippen molar-refractivity contribution < 1.29 is 22.7 Å². The summed E-state index contributed by atoms with van der Waals surface area (Å²) in [6, 6.07) is 9.45. The number of amides is 1. The first kappa shape index (κ1) is 20.5. The first-order chi connectivity index (χ1) is 13.4. The number of carbonyl (C=O) groups excluding carboxylic acids is 2. The second-order valence-corrected chi connectivity index (χ2v) is 9.51. The van der Waals surface area contributed by atoms with E-state index in [4.69, 9.17) is 4.74 Å². The topological polar surface area (TPSA) is 84.0 Å². The quantitative estimate of drug-likeness (QED) is 0.640. The van der Waals surface area contributed by atoms with Crippen LogP contribution in [0.15, 0.2) is 46.7 Å². The normalized spacial score (nSPS) is 14.8. The van der Waals surface area contributed by atoms with Crippen LogP contribution >= 0.6 is 11.3 Å². The van der Waals surface area contributed by atoms with E-state index < -0.39 is 16.0 Å². The first-order valence-corrected chi connectivity index (χ1v) is 11.2. The van der Waals surface area contributed by atoms with Gasteiger partial charge in [0.2, 0.25) is 10.0 Å². The lowest BCUT2D eigenvalue weighted by atomic mass is 10.2. The van der Waals surface area contributed by atoms with Gasteiger partial charge in [0.05, 0.1) is 17.0 Å². The van der Waals surface area contributed by atoms with Crippen LogP contribution in [0.5, 0.6) is 0 Å². The molecule has 1 aromatic carbocycles. The second-order valence-electron chi connectivity index (χ2n) is 6.54. The van der Waals surface area contributed by atoms with Crippen molar-refractivity contribution in [1.82, 2.24) is 9.21 Å². The van der Waals surface area contributed by atoms with Crippen molar-refractivity contribution in [3.8, 4) is 0 Å². The highest BCUT2D eigenvalue weighted by molar-refractivity contribution is 7.89. The van der Waals surface area contributed by atoms with E-state index in [1.807, 2.05) is 17.5 Å². The number of sulfonamides is 1. The maximum atomic E-state index is 12.5. The predicted molar refractivity (Wildman–Crippen MR) is 106 cm³/mol. The molecule has 1 aromatic heterocycles. The van der Waals surface area contributed by atoms with Gasteiger partial charge in [-0.25, -0.2) is 13.2 Å². The average Bonchev–Trinajstić information content (AvgIpc) is 3.40. The summed E-state index contributed by atoms with van der Waals surface area (Å²) in [6.07, 6.45) is 1.72. The van der Waals surface area contributed by atoms with Crippen molar-refractivity contribution in [3.05, 3.63) is 52.2 Å². The lowest BCUT2D eigenvalue weighted by Crippen LogP contribution is -2.30. The molecule has 0 spiro atoms. The van der Waals surface area contributed by atoms with Gasteiger partial charge < -0.3 is 9.64 Å². The average molecular weight is 423 g/mol. The maximum absolute atomic E-state index is 12.5. The van der Waals surface area contributed by atoms with Crippen molar-refractivity contribution in [2.45, 2.75) is 24.3 Å². The SMILES string of the molecule is CN(Cc1cccs1)C(=O)COC(=O)c1ccc(S(=O)(=O)N2CCCC2)cc1. The largest absolute Gasteiger partial charge is 0.452 e. The van der Waals surface area contributed by atoms with Gasteiger partial charge in [0.1, 0.15) is 0 Å². The Kier molecular flexibility index (Phi) is 6.48. The zero-order valence-corrected chi connectivity index (χ0v) is 17.2. The summed E-state index contributed by atoms with van der Waals surface area (Å²) in [6.45, 7) is 1.13.